The van der Waals surface area contributed by atoms with Crippen LogP contribution in [0, 0.1) is 69.8 Å². The Hall–Kier alpha value is -3.72. The molecule has 0 aliphatic carbocycles. The van der Waals surface area contributed by atoms with Crippen LogP contribution in [-0.2, 0) is 0 Å². The number of ether oxygens (including phenoxy) is 3. The molecule has 0 unspecified atom stereocenters. The van der Waals surface area contributed by atoms with Crippen LogP contribution in [0.5, 0.6) is 17.2 Å². The van der Waals surface area contributed by atoms with E-state index in [0.29, 0.717) is 0 Å². The molecular weight excluding hydrogens is 575 g/mol. The van der Waals surface area contributed by atoms with Gasteiger partial charge in [-0.1, -0.05) is 0 Å². The van der Waals surface area contributed by atoms with Crippen LogP contribution in [0.2, 0.25) is 0 Å². The highest BCUT2D eigenvalue weighted by Crippen LogP contribution is 2.31. The first-order chi connectivity index (χ1) is 18.8. The summed E-state index contributed by atoms with van der Waals surface area (Å²) in [4.78, 5) is 0. The molecule has 3 aromatic rings. The fourth-order valence-corrected chi connectivity index (χ4v) is 3.89. The minimum absolute atomic E-state index is 0.645. The van der Waals surface area contributed by atoms with Gasteiger partial charge >= 0.3 is 0 Å². The van der Waals surface area contributed by atoms with Gasteiger partial charge in [0.2, 0.25) is 17.5 Å². The summed E-state index contributed by atoms with van der Waals surface area (Å²) in [6.07, 6.45) is 0. The lowest BCUT2D eigenvalue weighted by Crippen LogP contribution is -2.60. The third kappa shape index (κ3) is 4.76. The second kappa shape index (κ2) is 11.8. The Morgan fingerprint density at radius 2 is 0.575 bits per heavy atom. The summed E-state index contributed by atoms with van der Waals surface area (Å²) in [5.41, 5.74) is -6.46. The largest absolute Gasteiger partial charge is 0.488 e. The van der Waals surface area contributed by atoms with Crippen LogP contribution in [0.4, 0.5) is 52.7 Å². The third-order valence-corrected chi connectivity index (χ3v) is 5.50. The highest BCUT2D eigenvalue weighted by Gasteiger charge is 2.45. The summed E-state index contributed by atoms with van der Waals surface area (Å²) in [7, 11) is 0. The standard InChI is InChI=1S/C24H15BF12O3/c1-4-38-22-13(29)7(10(26)16(32)19(22)35)25(8-11(27)17(33)20(36)23(14(8)30)39-5-2)9-12(28)18(34)21(37)24(15(9)31)40-6-3/h4-6H2,1-3H3. The molecule has 216 valence electrons. The van der Waals surface area contributed by atoms with Crippen molar-refractivity contribution >= 4 is 23.1 Å². The summed E-state index contributed by atoms with van der Waals surface area (Å²) >= 11 is 0. The van der Waals surface area contributed by atoms with Crippen molar-refractivity contribution in [3.8, 4) is 17.2 Å². The van der Waals surface area contributed by atoms with Crippen LogP contribution in [-0.4, -0.2) is 26.5 Å². The van der Waals surface area contributed by atoms with Gasteiger partial charge in [0.05, 0.1) is 19.8 Å². The zero-order valence-corrected chi connectivity index (χ0v) is 20.5. The molecule has 0 aromatic heterocycles. The number of hydrogen-bond acceptors (Lipinski definition) is 3. The van der Waals surface area contributed by atoms with E-state index >= 15 is 26.3 Å². The van der Waals surface area contributed by atoms with Crippen molar-refractivity contribution in [3.63, 3.8) is 0 Å². The molecular formula is C24H15BF12O3. The molecule has 0 amide bonds. The first-order valence-corrected chi connectivity index (χ1v) is 11.2. The minimum Gasteiger partial charge on any atom is -0.488 e. The molecule has 0 heterocycles. The quantitative estimate of drug-likeness (QED) is 0.151. The normalized spacial score (nSPS) is 11.2. The minimum atomic E-state index is -3.47. The van der Waals surface area contributed by atoms with E-state index in [1.807, 2.05) is 0 Å². The van der Waals surface area contributed by atoms with Crippen molar-refractivity contribution in [2.75, 3.05) is 19.8 Å². The predicted octanol–water partition coefficient (Wildman–Crippen LogP) is 5.07. The lowest BCUT2D eigenvalue weighted by atomic mass is 9.35. The monoisotopic (exact) mass is 590 g/mol. The maximum Gasteiger partial charge on any atom is 0.265 e. The van der Waals surface area contributed by atoms with E-state index in [1.54, 1.807) is 0 Å². The van der Waals surface area contributed by atoms with Gasteiger partial charge in [-0.25, -0.2) is 39.5 Å². The summed E-state index contributed by atoms with van der Waals surface area (Å²) < 4.78 is 192. The van der Waals surface area contributed by atoms with Gasteiger partial charge in [-0.2, -0.15) is 13.2 Å². The van der Waals surface area contributed by atoms with E-state index in [9.17, 15) is 26.3 Å². The molecule has 0 aliphatic heterocycles. The fraction of sp³-hybridized carbons (Fsp3) is 0.250. The van der Waals surface area contributed by atoms with Gasteiger partial charge in [0.1, 0.15) is 0 Å². The molecule has 0 bridgehead atoms. The van der Waals surface area contributed by atoms with Crippen LogP contribution >= 0.6 is 0 Å². The van der Waals surface area contributed by atoms with Crippen molar-refractivity contribution in [2.24, 2.45) is 0 Å². The van der Waals surface area contributed by atoms with Crippen molar-refractivity contribution in [1.82, 2.24) is 0 Å². The number of halogens is 12. The average molecular weight is 590 g/mol. The van der Waals surface area contributed by atoms with Gasteiger partial charge in [0, 0.05) is 16.4 Å². The van der Waals surface area contributed by atoms with Crippen LogP contribution < -0.4 is 30.6 Å². The number of hydrogen-bond donors (Lipinski definition) is 0. The highest BCUT2D eigenvalue weighted by molar-refractivity contribution is 6.96. The molecule has 16 heteroatoms. The molecule has 0 saturated heterocycles. The average Bonchev–Trinajstić information content (AvgIpc) is 2.92. The topological polar surface area (TPSA) is 27.7 Å². The molecule has 0 aliphatic rings. The van der Waals surface area contributed by atoms with Gasteiger partial charge in [0.15, 0.2) is 69.6 Å². The molecule has 0 atom stereocenters. The number of rotatable bonds is 9. The lowest BCUT2D eigenvalue weighted by Gasteiger charge is -2.23. The molecule has 0 radical (unpaired) electrons. The predicted molar refractivity (Wildman–Crippen MR) is 117 cm³/mol. The Bertz CT molecular complexity index is 1310. The molecule has 3 nitrogen and oxygen atoms in total. The molecule has 3 aromatic carbocycles. The van der Waals surface area contributed by atoms with Crippen LogP contribution in [0.3, 0.4) is 0 Å². The zero-order valence-electron chi connectivity index (χ0n) is 20.5. The Labute approximate surface area is 218 Å². The van der Waals surface area contributed by atoms with E-state index in [4.69, 9.17) is 0 Å². The van der Waals surface area contributed by atoms with Crippen molar-refractivity contribution in [3.05, 3.63) is 69.8 Å². The second-order valence-electron chi connectivity index (χ2n) is 7.73. The van der Waals surface area contributed by atoms with Gasteiger partial charge in [0.25, 0.3) is 6.71 Å². The fourth-order valence-electron chi connectivity index (χ4n) is 3.89. The van der Waals surface area contributed by atoms with Gasteiger partial charge in [-0.3, -0.25) is 0 Å². The molecule has 0 saturated carbocycles. The van der Waals surface area contributed by atoms with Crippen molar-refractivity contribution in [1.29, 1.82) is 0 Å². The van der Waals surface area contributed by atoms with Crippen LogP contribution in [0.15, 0.2) is 0 Å². The Morgan fingerprint density at radius 1 is 0.350 bits per heavy atom. The van der Waals surface area contributed by atoms with Gasteiger partial charge in [-0.15, -0.1) is 0 Å². The second-order valence-corrected chi connectivity index (χ2v) is 7.73. The van der Waals surface area contributed by atoms with Gasteiger partial charge < -0.3 is 14.2 Å². The Kier molecular flexibility index (Phi) is 9.09. The molecule has 3 rings (SSSR count). The van der Waals surface area contributed by atoms with E-state index in [2.05, 4.69) is 14.2 Å². The molecule has 0 spiro atoms. The summed E-state index contributed by atoms with van der Waals surface area (Å²) in [6.45, 7) is -2.11. The molecule has 40 heavy (non-hydrogen) atoms. The van der Waals surface area contributed by atoms with Crippen molar-refractivity contribution < 1.29 is 66.9 Å². The number of benzene rings is 3. The first kappa shape index (κ1) is 30.8. The Morgan fingerprint density at radius 3 is 0.775 bits per heavy atom. The van der Waals surface area contributed by atoms with Crippen molar-refractivity contribution in [2.45, 2.75) is 20.8 Å². The zero-order chi connectivity index (χ0) is 30.2. The SMILES string of the molecule is CCOc1c(F)c(F)c(F)c(B(c2c(F)c(F)c(F)c(OCC)c2F)c2c(F)c(F)c(F)c(OCC)c2F)c1F. The highest BCUT2D eigenvalue weighted by atomic mass is 19.2. The third-order valence-electron chi connectivity index (χ3n) is 5.50. The summed E-state index contributed by atoms with van der Waals surface area (Å²) in [5.74, 6) is -35.3. The maximum atomic E-state index is 15.5. The lowest BCUT2D eigenvalue weighted by molar-refractivity contribution is 0.290. The van der Waals surface area contributed by atoms with E-state index in [0.717, 1.165) is 20.8 Å². The summed E-state index contributed by atoms with van der Waals surface area (Å²) in [5, 5.41) is 0. The first-order valence-electron chi connectivity index (χ1n) is 11.2. The molecule has 0 fully saturated rings. The maximum absolute atomic E-state index is 15.5. The van der Waals surface area contributed by atoms with E-state index in [-0.39, 0.29) is 0 Å². The summed E-state index contributed by atoms with van der Waals surface area (Å²) in [6, 6.07) is 0. The van der Waals surface area contributed by atoms with E-state index < -0.39 is 130 Å². The van der Waals surface area contributed by atoms with Crippen LogP contribution in [0.25, 0.3) is 0 Å². The smallest absolute Gasteiger partial charge is 0.265 e. The molecule has 0 N–H and O–H groups in total. The van der Waals surface area contributed by atoms with Crippen LogP contribution in [0.1, 0.15) is 20.8 Å². The van der Waals surface area contributed by atoms with E-state index in [1.165, 1.54) is 0 Å². The Balaban J connectivity index is 2.70. The van der Waals surface area contributed by atoms with Gasteiger partial charge in [-0.05, 0) is 20.8 Å².